The molecule has 1 N–H and O–H groups in total. The molecular weight excluding hydrogens is 294 g/mol. The molecule has 5 heteroatoms. The van der Waals surface area contributed by atoms with E-state index in [0.29, 0.717) is 5.92 Å². The smallest absolute Gasteiger partial charge is 0.270 e. The minimum atomic E-state index is 0.176. The fraction of sp³-hybridized carbons (Fsp3) is 0.588. The van der Waals surface area contributed by atoms with Crippen LogP contribution in [0.2, 0.25) is 0 Å². The van der Waals surface area contributed by atoms with Gasteiger partial charge >= 0.3 is 0 Å². The summed E-state index contributed by atoms with van der Waals surface area (Å²) >= 11 is 1.75. The van der Waals surface area contributed by atoms with Gasteiger partial charge in [0.25, 0.3) is 5.91 Å². The number of thiophene rings is 1. The van der Waals surface area contributed by atoms with Crippen molar-refractivity contribution in [1.29, 1.82) is 0 Å². The predicted octanol–water partition coefficient (Wildman–Crippen LogP) is 2.95. The van der Waals surface area contributed by atoms with E-state index in [4.69, 9.17) is 0 Å². The van der Waals surface area contributed by atoms with Crippen molar-refractivity contribution in [3.63, 3.8) is 0 Å². The van der Waals surface area contributed by atoms with E-state index >= 15 is 0 Å². The number of fused-ring (bicyclic) bond motifs is 1. The Morgan fingerprint density at radius 2 is 2.00 bits per heavy atom. The van der Waals surface area contributed by atoms with Gasteiger partial charge < -0.3 is 14.8 Å². The van der Waals surface area contributed by atoms with Crippen LogP contribution in [0.25, 0.3) is 10.2 Å². The van der Waals surface area contributed by atoms with E-state index in [2.05, 4.69) is 29.9 Å². The number of hydrogen-bond donors (Lipinski definition) is 1. The molecule has 22 heavy (non-hydrogen) atoms. The molecule has 4 heterocycles. The number of hydrogen-bond acceptors (Lipinski definition) is 3. The van der Waals surface area contributed by atoms with Gasteiger partial charge in [-0.2, -0.15) is 0 Å². The molecular formula is C17H23N3OS. The summed E-state index contributed by atoms with van der Waals surface area (Å²) in [5, 5.41) is 0. The van der Waals surface area contributed by atoms with Crippen molar-refractivity contribution in [2.45, 2.75) is 19.8 Å². The lowest BCUT2D eigenvalue weighted by Gasteiger charge is -2.19. The van der Waals surface area contributed by atoms with E-state index in [0.717, 1.165) is 30.2 Å². The van der Waals surface area contributed by atoms with Crippen LogP contribution < -0.4 is 0 Å². The molecule has 2 atom stereocenters. The first-order valence-corrected chi connectivity index (χ1v) is 8.99. The number of aryl methyl sites for hydroxylation is 1. The van der Waals surface area contributed by atoms with Crippen LogP contribution in [0.15, 0.2) is 12.1 Å². The van der Waals surface area contributed by atoms with Crippen molar-refractivity contribution in [3.8, 4) is 0 Å². The van der Waals surface area contributed by atoms with Crippen LogP contribution in [0.3, 0.4) is 0 Å². The molecule has 2 aromatic heterocycles. The molecule has 1 amide bonds. The van der Waals surface area contributed by atoms with Gasteiger partial charge in [0.15, 0.2) is 0 Å². The zero-order chi connectivity index (χ0) is 15.3. The number of carbonyl (C=O) groups is 1. The van der Waals surface area contributed by atoms with E-state index in [9.17, 15) is 4.79 Å². The summed E-state index contributed by atoms with van der Waals surface area (Å²) < 4.78 is 1.19. The highest BCUT2D eigenvalue weighted by Crippen LogP contribution is 2.32. The Morgan fingerprint density at radius 3 is 2.73 bits per heavy atom. The fourth-order valence-electron chi connectivity index (χ4n) is 4.05. The zero-order valence-electron chi connectivity index (χ0n) is 13.3. The summed E-state index contributed by atoms with van der Waals surface area (Å²) in [6.45, 7) is 6.35. The standard InChI is InChI=1S/C17H23N3OS/c1-11-7-14-16(22-11)8-15(18-14)17(21)20-6-4-13(10-20)12-3-5-19(2)9-12/h7-8,12-13,18H,3-6,9-10H2,1-2H3. The summed E-state index contributed by atoms with van der Waals surface area (Å²) in [5.41, 5.74) is 1.85. The van der Waals surface area contributed by atoms with E-state index in [1.807, 2.05) is 11.0 Å². The van der Waals surface area contributed by atoms with Gasteiger partial charge in [-0.3, -0.25) is 4.79 Å². The second-order valence-corrected chi connectivity index (χ2v) is 8.22. The highest BCUT2D eigenvalue weighted by Gasteiger charge is 2.35. The van der Waals surface area contributed by atoms with Crippen LogP contribution >= 0.6 is 11.3 Å². The number of nitrogens with zero attached hydrogens (tertiary/aromatic N) is 2. The highest BCUT2D eigenvalue weighted by molar-refractivity contribution is 7.19. The van der Waals surface area contributed by atoms with Crippen LogP contribution in [0, 0.1) is 18.8 Å². The minimum absolute atomic E-state index is 0.176. The molecule has 2 fully saturated rings. The first-order chi connectivity index (χ1) is 10.6. The van der Waals surface area contributed by atoms with Crippen LogP contribution in [-0.4, -0.2) is 53.9 Å². The lowest BCUT2D eigenvalue weighted by atomic mass is 9.91. The molecule has 0 radical (unpaired) electrons. The number of rotatable bonds is 2. The molecule has 0 aliphatic carbocycles. The normalized spacial score (nSPS) is 26.4. The maximum Gasteiger partial charge on any atom is 0.270 e. The average Bonchev–Trinajstić information content (AvgIpc) is 3.19. The number of likely N-dealkylation sites (tertiary alicyclic amines) is 2. The molecule has 0 saturated carbocycles. The number of nitrogens with one attached hydrogen (secondary N) is 1. The van der Waals surface area contributed by atoms with Gasteiger partial charge in [0.1, 0.15) is 5.69 Å². The van der Waals surface area contributed by atoms with Crippen LogP contribution in [0.4, 0.5) is 0 Å². The summed E-state index contributed by atoms with van der Waals surface area (Å²) in [6.07, 6.45) is 2.46. The number of H-pyrrole nitrogens is 1. The summed E-state index contributed by atoms with van der Waals surface area (Å²) in [6, 6.07) is 4.14. The van der Waals surface area contributed by atoms with E-state index in [1.165, 1.54) is 35.5 Å². The number of aromatic amines is 1. The van der Waals surface area contributed by atoms with Crippen molar-refractivity contribution in [3.05, 3.63) is 22.7 Å². The van der Waals surface area contributed by atoms with Gasteiger partial charge in [-0.1, -0.05) is 0 Å². The SMILES string of the molecule is Cc1cc2[nH]c(C(=O)N3CCC(C4CCN(C)C4)C3)cc2s1. The monoisotopic (exact) mass is 317 g/mol. The third-order valence-corrected chi connectivity index (χ3v) is 6.26. The van der Waals surface area contributed by atoms with Gasteiger partial charge in [-0.15, -0.1) is 11.3 Å². The second-order valence-electron chi connectivity index (χ2n) is 6.93. The van der Waals surface area contributed by atoms with E-state index in [1.54, 1.807) is 11.3 Å². The van der Waals surface area contributed by atoms with E-state index < -0.39 is 0 Å². The topological polar surface area (TPSA) is 39.3 Å². The van der Waals surface area contributed by atoms with E-state index in [-0.39, 0.29) is 5.91 Å². The molecule has 2 saturated heterocycles. The Bertz CT molecular complexity index is 672. The van der Waals surface area contributed by atoms with Gasteiger partial charge in [-0.25, -0.2) is 0 Å². The fourth-order valence-corrected chi connectivity index (χ4v) is 4.97. The summed E-state index contributed by atoms with van der Waals surface area (Å²) in [7, 11) is 2.20. The van der Waals surface area contributed by atoms with Crippen molar-refractivity contribution in [2.24, 2.45) is 11.8 Å². The van der Waals surface area contributed by atoms with Gasteiger partial charge in [0.2, 0.25) is 0 Å². The minimum Gasteiger partial charge on any atom is -0.350 e. The number of carbonyl (C=O) groups excluding carboxylic acids is 1. The van der Waals surface area contributed by atoms with Crippen LogP contribution in [0.1, 0.15) is 28.2 Å². The molecule has 4 rings (SSSR count). The summed E-state index contributed by atoms with van der Waals surface area (Å²) in [5.74, 6) is 1.64. The number of amides is 1. The Labute approximate surface area is 135 Å². The third kappa shape index (κ3) is 2.46. The molecule has 4 nitrogen and oxygen atoms in total. The molecule has 0 aromatic carbocycles. The zero-order valence-corrected chi connectivity index (χ0v) is 14.1. The van der Waals surface area contributed by atoms with Crippen molar-refractivity contribution < 1.29 is 4.79 Å². The average molecular weight is 317 g/mol. The maximum atomic E-state index is 12.7. The summed E-state index contributed by atoms with van der Waals surface area (Å²) in [4.78, 5) is 21.8. The molecule has 2 unspecified atom stereocenters. The lowest BCUT2D eigenvalue weighted by Crippen LogP contribution is -2.30. The quantitative estimate of drug-likeness (QED) is 0.925. The predicted molar refractivity (Wildman–Crippen MR) is 90.5 cm³/mol. The van der Waals surface area contributed by atoms with Gasteiger partial charge in [0, 0.05) is 24.5 Å². The van der Waals surface area contributed by atoms with Crippen LogP contribution in [0.5, 0.6) is 0 Å². The molecule has 0 bridgehead atoms. The molecule has 2 aromatic rings. The Balaban J connectivity index is 1.45. The largest absolute Gasteiger partial charge is 0.350 e. The molecule has 2 aliphatic rings. The Kier molecular flexibility index (Phi) is 3.50. The molecule has 0 spiro atoms. The molecule has 2 aliphatic heterocycles. The van der Waals surface area contributed by atoms with Crippen LogP contribution in [-0.2, 0) is 0 Å². The third-order valence-electron chi connectivity index (χ3n) is 5.27. The van der Waals surface area contributed by atoms with Gasteiger partial charge in [-0.05, 0) is 57.3 Å². The maximum absolute atomic E-state index is 12.7. The number of aromatic nitrogens is 1. The second kappa shape index (κ2) is 5.39. The van der Waals surface area contributed by atoms with Crippen molar-refractivity contribution >= 4 is 27.5 Å². The Hall–Kier alpha value is -1.33. The van der Waals surface area contributed by atoms with Gasteiger partial charge in [0.05, 0.1) is 10.2 Å². The lowest BCUT2D eigenvalue weighted by molar-refractivity contribution is 0.0778. The van der Waals surface area contributed by atoms with Crippen molar-refractivity contribution in [2.75, 3.05) is 33.2 Å². The first-order valence-electron chi connectivity index (χ1n) is 8.17. The first kappa shape index (κ1) is 14.3. The van der Waals surface area contributed by atoms with Crippen molar-refractivity contribution in [1.82, 2.24) is 14.8 Å². The molecule has 118 valence electrons. The Morgan fingerprint density at radius 1 is 1.23 bits per heavy atom. The highest BCUT2D eigenvalue weighted by atomic mass is 32.1.